The highest BCUT2D eigenvalue weighted by Gasteiger charge is 2.19. The zero-order valence-electron chi connectivity index (χ0n) is 15.8. The van der Waals surface area contributed by atoms with Crippen molar-refractivity contribution in [2.45, 2.75) is 32.7 Å². The molecule has 1 aromatic carbocycles. The van der Waals surface area contributed by atoms with Crippen molar-refractivity contribution in [3.05, 3.63) is 51.1 Å². The summed E-state index contributed by atoms with van der Waals surface area (Å²) in [6.45, 7) is 2.71. The third-order valence-corrected chi connectivity index (χ3v) is 5.53. The van der Waals surface area contributed by atoms with Gasteiger partial charge in [0.2, 0.25) is 5.91 Å². The molecule has 28 heavy (non-hydrogen) atoms. The van der Waals surface area contributed by atoms with E-state index in [1.165, 1.54) is 23.5 Å². The molecule has 148 valence electrons. The van der Waals surface area contributed by atoms with Gasteiger partial charge in [-0.3, -0.25) is 14.2 Å². The molecular formula is C20H22FN3O3S. The standard InChI is InChI=1S/C20H22FN3O3S/c1-12-17(13-5-7-14(21)8-6-13)18-19(28-12)23-16(9-11-27-2)24(20(18)26)10-3-4-15(22)25/h5-8H,3-4,9-11H2,1-2H3,(H2,22,25). The maximum absolute atomic E-state index is 13.4. The van der Waals surface area contributed by atoms with Crippen LogP contribution in [0.5, 0.6) is 0 Å². The molecule has 2 N–H and O–H groups in total. The first kappa shape index (κ1) is 20.2. The Kier molecular flexibility index (Phi) is 6.21. The molecule has 0 aliphatic carbocycles. The Bertz CT molecular complexity index is 1060. The minimum atomic E-state index is -0.404. The number of hydrogen-bond acceptors (Lipinski definition) is 5. The van der Waals surface area contributed by atoms with Gasteiger partial charge in [0.15, 0.2) is 0 Å². The predicted molar refractivity (Wildman–Crippen MR) is 108 cm³/mol. The number of fused-ring (bicyclic) bond motifs is 1. The highest BCUT2D eigenvalue weighted by Crippen LogP contribution is 2.35. The maximum atomic E-state index is 13.4. The molecule has 0 atom stereocenters. The van der Waals surface area contributed by atoms with Crippen LogP contribution in [0, 0.1) is 12.7 Å². The van der Waals surface area contributed by atoms with Gasteiger partial charge < -0.3 is 10.5 Å². The van der Waals surface area contributed by atoms with Crippen LogP contribution in [-0.2, 0) is 22.5 Å². The molecule has 0 saturated heterocycles. The highest BCUT2D eigenvalue weighted by molar-refractivity contribution is 7.19. The summed E-state index contributed by atoms with van der Waals surface area (Å²) in [5, 5.41) is 0.523. The zero-order valence-corrected chi connectivity index (χ0v) is 16.6. The molecule has 8 heteroatoms. The Morgan fingerprint density at radius 1 is 1.32 bits per heavy atom. The molecule has 0 fully saturated rings. The molecule has 2 heterocycles. The van der Waals surface area contributed by atoms with Crippen LogP contribution in [0.1, 0.15) is 23.5 Å². The number of aryl methyl sites for hydroxylation is 1. The number of thiophene rings is 1. The first-order chi connectivity index (χ1) is 13.4. The molecule has 6 nitrogen and oxygen atoms in total. The van der Waals surface area contributed by atoms with Gasteiger partial charge in [-0.15, -0.1) is 11.3 Å². The van der Waals surface area contributed by atoms with Crippen molar-refractivity contribution in [3.63, 3.8) is 0 Å². The lowest BCUT2D eigenvalue weighted by Crippen LogP contribution is -2.26. The third-order valence-electron chi connectivity index (χ3n) is 4.53. The Labute approximate surface area is 165 Å². The Hall–Kier alpha value is -2.58. The summed E-state index contributed by atoms with van der Waals surface area (Å²) in [5.74, 6) is -0.112. The van der Waals surface area contributed by atoms with Crippen molar-refractivity contribution in [2.75, 3.05) is 13.7 Å². The number of ether oxygens (including phenoxy) is 1. The Morgan fingerprint density at radius 3 is 2.68 bits per heavy atom. The normalized spacial score (nSPS) is 11.2. The van der Waals surface area contributed by atoms with Gasteiger partial charge in [-0.1, -0.05) is 12.1 Å². The van der Waals surface area contributed by atoms with E-state index < -0.39 is 5.91 Å². The number of carbonyl (C=O) groups excluding carboxylic acids is 1. The molecule has 0 radical (unpaired) electrons. The predicted octanol–water partition coefficient (Wildman–Crippen LogP) is 3.03. The van der Waals surface area contributed by atoms with Crippen LogP contribution in [-0.4, -0.2) is 29.2 Å². The Morgan fingerprint density at radius 2 is 2.04 bits per heavy atom. The summed E-state index contributed by atoms with van der Waals surface area (Å²) >= 11 is 1.44. The van der Waals surface area contributed by atoms with E-state index in [4.69, 9.17) is 15.5 Å². The number of carbonyl (C=O) groups is 1. The molecule has 3 aromatic rings. The first-order valence-corrected chi connectivity index (χ1v) is 9.80. The fourth-order valence-electron chi connectivity index (χ4n) is 3.23. The van der Waals surface area contributed by atoms with Crippen molar-refractivity contribution >= 4 is 27.5 Å². The second-order valence-electron chi connectivity index (χ2n) is 6.52. The molecule has 0 unspecified atom stereocenters. The van der Waals surface area contributed by atoms with Crippen molar-refractivity contribution in [2.24, 2.45) is 5.73 Å². The van der Waals surface area contributed by atoms with E-state index in [-0.39, 0.29) is 17.8 Å². The summed E-state index contributed by atoms with van der Waals surface area (Å²) in [7, 11) is 1.59. The average molecular weight is 403 g/mol. The summed E-state index contributed by atoms with van der Waals surface area (Å²) in [6.07, 6.45) is 1.14. The van der Waals surface area contributed by atoms with Crippen molar-refractivity contribution in [1.29, 1.82) is 0 Å². The van der Waals surface area contributed by atoms with Crippen LogP contribution < -0.4 is 11.3 Å². The van der Waals surface area contributed by atoms with Crippen LogP contribution in [0.3, 0.4) is 0 Å². The van der Waals surface area contributed by atoms with Gasteiger partial charge >= 0.3 is 0 Å². The van der Waals surface area contributed by atoms with Gasteiger partial charge in [-0.2, -0.15) is 0 Å². The minimum Gasteiger partial charge on any atom is -0.384 e. The van der Waals surface area contributed by atoms with E-state index in [0.29, 0.717) is 42.0 Å². The van der Waals surface area contributed by atoms with Crippen LogP contribution in [0.4, 0.5) is 4.39 Å². The molecule has 3 rings (SSSR count). The van der Waals surface area contributed by atoms with E-state index >= 15 is 0 Å². The summed E-state index contributed by atoms with van der Waals surface area (Å²) in [6, 6.07) is 6.09. The molecule has 0 saturated carbocycles. The van der Waals surface area contributed by atoms with Crippen molar-refractivity contribution in [3.8, 4) is 11.1 Å². The lowest BCUT2D eigenvalue weighted by atomic mass is 10.0. The number of hydrogen-bond donors (Lipinski definition) is 1. The highest BCUT2D eigenvalue weighted by atomic mass is 32.1. The lowest BCUT2D eigenvalue weighted by Gasteiger charge is -2.12. The van der Waals surface area contributed by atoms with Crippen molar-refractivity contribution in [1.82, 2.24) is 9.55 Å². The minimum absolute atomic E-state index is 0.163. The topological polar surface area (TPSA) is 87.2 Å². The third kappa shape index (κ3) is 4.13. The molecule has 2 aromatic heterocycles. The number of aromatic nitrogens is 2. The Balaban J connectivity index is 2.16. The number of rotatable bonds is 8. The second kappa shape index (κ2) is 8.62. The smallest absolute Gasteiger partial charge is 0.262 e. The molecule has 0 bridgehead atoms. The SMILES string of the molecule is COCCc1nc2sc(C)c(-c3ccc(F)cc3)c2c(=O)n1CCCC(N)=O. The van der Waals surface area contributed by atoms with E-state index in [1.807, 2.05) is 6.92 Å². The van der Waals surface area contributed by atoms with E-state index in [2.05, 4.69) is 0 Å². The number of amides is 1. The van der Waals surface area contributed by atoms with E-state index in [0.717, 1.165) is 16.0 Å². The lowest BCUT2D eigenvalue weighted by molar-refractivity contribution is -0.118. The van der Waals surface area contributed by atoms with Crippen LogP contribution in [0.25, 0.3) is 21.3 Å². The van der Waals surface area contributed by atoms with Crippen molar-refractivity contribution < 1.29 is 13.9 Å². The monoisotopic (exact) mass is 403 g/mol. The zero-order chi connectivity index (χ0) is 20.3. The number of nitrogens with two attached hydrogens (primary N) is 1. The van der Waals surface area contributed by atoms with Gasteiger partial charge in [0.25, 0.3) is 5.56 Å². The molecule has 0 aliphatic rings. The van der Waals surface area contributed by atoms with E-state index in [1.54, 1.807) is 23.8 Å². The molecule has 1 amide bonds. The molecular weight excluding hydrogens is 381 g/mol. The van der Waals surface area contributed by atoms with E-state index in [9.17, 15) is 14.0 Å². The van der Waals surface area contributed by atoms with Gasteiger partial charge in [-0.05, 0) is 31.0 Å². The maximum Gasteiger partial charge on any atom is 0.262 e. The van der Waals surface area contributed by atoms with Crippen LogP contribution >= 0.6 is 11.3 Å². The fourth-order valence-corrected chi connectivity index (χ4v) is 4.28. The number of halogens is 1. The molecule has 0 spiro atoms. The largest absolute Gasteiger partial charge is 0.384 e. The van der Waals surface area contributed by atoms with Crippen LogP contribution in [0.15, 0.2) is 29.1 Å². The summed E-state index contributed by atoms with van der Waals surface area (Å²) in [5.41, 5.74) is 6.62. The van der Waals surface area contributed by atoms with Gasteiger partial charge in [-0.25, -0.2) is 9.37 Å². The number of benzene rings is 1. The van der Waals surface area contributed by atoms with Gasteiger partial charge in [0.05, 0.1) is 12.0 Å². The van der Waals surface area contributed by atoms with Gasteiger partial charge in [0.1, 0.15) is 16.5 Å². The quantitative estimate of drug-likeness (QED) is 0.626. The van der Waals surface area contributed by atoms with Gasteiger partial charge in [0, 0.05) is 36.9 Å². The van der Waals surface area contributed by atoms with Crippen LogP contribution in [0.2, 0.25) is 0 Å². The second-order valence-corrected chi connectivity index (χ2v) is 7.72. The average Bonchev–Trinajstić information content (AvgIpc) is 2.98. The summed E-state index contributed by atoms with van der Waals surface area (Å²) < 4.78 is 20.1. The molecule has 0 aliphatic heterocycles. The fraction of sp³-hybridized carbons (Fsp3) is 0.350. The summed E-state index contributed by atoms with van der Waals surface area (Å²) in [4.78, 5) is 30.7. The number of primary amides is 1. The number of methoxy groups -OCH3 is 1. The number of nitrogens with zero attached hydrogens (tertiary/aromatic N) is 2. The first-order valence-electron chi connectivity index (χ1n) is 8.98.